The number of halogens is 1. The number of ketones is 1. The number of alkyl halides is 1. The van der Waals surface area contributed by atoms with E-state index in [0.29, 0.717) is 23.0 Å². The van der Waals surface area contributed by atoms with Gasteiger partial charge in [-0.2, -0.15) is 0 Å². The lowest BCUT2D eigenvalue weighted by Gasteiger charge is -2.06. The molecule has 0 aliphatic carbocycles. The molecule has 0 spiro atoms. The number of carbonyl (C=O) groups is 3. The van der Waals surface area contributed by atoms with Crippen molar-refractivity contribution in [3.8, 4) is 0 Å². The number of hydrogen-bond acceptors (Lipinski definition) is 4. The molecule has 1 aromatic rings. The van der Waals surface area contributed by atoms with Crippen molar-refractivity contribution in [2.45, 2.75) is 13.3 Å². The Morgan fingerprint density at radius 2 is 2.11 bits per heavy atom. The second kappa shape index (κ2) is 6.91. The fourth-order valence-corrected chi connectivity index (χ4v) is 1.57. The van der Waals surface area contributed by atoms with Crippen molar-refractivity contribution in [2.75, 3.05) is 12.5 Å². The smallest absolute Gasteiger partial charge is 0.338 e. The molecule has 0 fully saturated rings. The molecule has 18 heavy (non-hydrogen) atoms. The van der Waals surface area contributed by atoms with Gasteiger partial charge in [-0.1, -0.05) is 6.07 Å². The van der Waals surface area contributed by atoms with Crippen LogP contribution in [0.3, 0.4) is 0 Å². The van der Waals surface area contributed by atoms with Crippen LogP contribution < -0.4 is 0 Å². The summed E-state index contributed by atoms with van der Waals surface area (Å²) in [6.07, 6.45) is 0.677. The van der Waals surface area contributed by atoms with E-state index in [4.69, 9.17) is 16.3 Å². The molecule has 0 N–H and O–H groups in total. The first-order valence-corrected chi connectivity index (χ1v) is 5.98. The zero-order chi connectivity index (χ0) is 13.5. The molecular formula is C13H13ClO4. The molecule has 5 heteroatoms. The number of aldehydes is 1. The summed E-state index contributed by atoms with van der Waals surface area (Å²) in [6, 6.07) is 4.48. The van der Waals surface area contributed by atoms with Crippen molar-refractivity contribution >= 4 is 29.6 Å². The second-order valence-electron chi connectivity index (χ2n) is 3.60. The van der Waals surface area contributed by atoms with Crippen LogP contribution in [0.5, 0.6) is 0 Å². The number of ether oxygens (including phenoxy) is 1. The third-order valence-corrected chi connectivity index (χ3v) is 2.62. The van der Waals surface area contributed by atoms with Crippen molar-refractivity contribution in [2.24, 2.45) is 0 Å². The summed E-state index contributed by atoms with van der Waals surface area (Å²) in [4.78, 5) is 33.7. The van der Waals surface area contributed by atoms with Gasteiger partial charge >= 0.3 is 5.97 Å². The monoisotopic (exact) mass is 268 g/mol. The van der Waals surface area contributed by atoms with E-state index in [1.54, 1.807) is 6.92 Å². The van der Waals surface area contributed by atoms with Gasteiger partial charge in [0.1, 0.15) is 6.29 Å². The standard InChI is InChI=1S/C13H13ClO4/c1-2-18-13(17)9-3-4-10(8-15)11(5-9)6-12(16)7-14/h3-5,8H,2,6-7H2,1H3. The molecule has 96 valence electrons. The molecule has 0 aromatic heterocycles. The van der Waals surface area contributed by atoms with Gasteiger partial charge in [0.15, 0.2) is 5.78 Å². The molecule has 0 saturated carbocycles. The summed E-state index contributed by atoms with van der Waals surface area (Å²) in [5, 5.41) is 0. The summed E-state index contributed by atoms with van der Waals surface area (Å²) in [5.41, 5.74) is 1.18. The summed E-state index contributed by atoms with van der Waals surface area (Å²) >= 11 is 5.42. The molecule has 0 radical (unpaired) electrons. The normalized spacial score (nSPS) is 9.89. The molecule has 4 nitrogen and oxygen atoms in total. The van der Waals surface area contributed by atoms with E-state index in [1.807, 2.05) is 0 Å². The first kappa shape index (κ1) is 14.4. The van der Waals surface area contributed by atoms with Crippen LogP contribution in [-0.4, -0.2) is 30.5 Å². The van der Waals surface area contributed by atoms with Crippen molar-refractivity contribution in [3.63, 3.8) is 0 Å². The molecular weight excluding hydrogens is 256 g/mol. The quantitative estimate of drug-likeness (QED) is 0.450. The highest BCUT2D eigenvalue weighted by atomic mass is 35.5. The second-order valence-corrected chi connectivity index (χ2v) is 3.87. The predicted molar refractivity (Wildman–Crippen MR) is 67.2 cm³/mol. The summed E-state index contributed by atoms with van der Waals surface area (Å²) in [5.74, 6) is -0.808. The van der Waals surface area contributed by atoms with Crippen molar-refractivity contribution in [3.05, 3.63) is 34.9 Å². The fourth-order valence-electron chi connectivity index (χ4n) is 1.47. The van der Waals surface area contributed by atoms with Gasteiger partial charge in [-0.3, -0.25) is 9.59 Å². The topological polar surface area (TPSA) is 60.4 Å². The van der Waals surface area contributed by atoms with E-state index < -0.39 is 5.97 Å². The van der Waals surface area contributed by atoms with Crippen LogP contribution in [0.15, 0.2) is 18.2 Å². The molecule has 0 heterocycles. The minimum Gasteiger partial charge on any atom is -0.462 e. The van der Waals surface area contributed by atoms with E-state index in [0.717, 1.165) is 0 Å². The highest BCUT2D eigenvalue weighted by Gasteiger charge is 2.12. The van der Waals surface area contributed by atoms with Gasteiger partial charge in [-0.25, -0.2) is 4.79 Å². The molecule has 0 aliphatic rings. The number of Topliss-reactive ketones (excluding diaryl/α,β-unsaturated/α-hetero) is 1. The Labute approximate surface area is 110 Å². The van der Waals surface area contributed by atoms with E-state index in [9.17, 15) is 14.4 Å². The number of hydrogen-bond donors (Lipinski definition) is 0. The van der Waals surface area contributed by atoms with E-state index in [1.165, 1.54) is 18.2 Å². The SMILES string of the molecule is CCOC(=O)c1ccc(C=O)c(CC(=O)CCl)c1. The van der Waals surface area contributed by atoms with E-state index in [2.05, 4.69) is 0 Å². The molecule has 0 unspecified atom stereocenters. The Bertz CT molecular complexity index is 468. The van der Waals surface area contributed by atoms with Crippen LogP contribution in [0.2, 0.25) is 0 Å². The third-order valence-electron chi connectivity index (χ3n) is 2.32. The van der Waals surface area contributed by atoms with Crippen molar-refractivity contribution < 1.29 is 19.1 Å². The van der Waals surface area contributed by atoms with Gasteiger partial charge in [0.25, 0.3) is 0 Å². The molecule has 0 atom stereocenters. The van der Waals surface area contributed by atoms with E-state index in [-0.39, 0.29) is 24.7 Å². The van der Waals surface area contributed by atoms with Gasteiger partial charge in [-0.15, -0.1) is 11.6 Å². The number of esters is 1. The summed E-state index contributed by atoms with van der Waals surface area (Å²) in [7, 11) is 0. The fraction of sp³-hybridized carbons (Fsp3) is 0.308. The molecule has 0 amide bonds. The molecule has 0 aliphatic heterocycles. The molecule has 1 rings (SSSR count). The van der Waals surface area contributed by atoms with Gasteiger partial charge < -0.3 is 4.74 Å². The van der Waals surface area contributed by atoms with Crippen LogP contribution in [-0.2, 0) is 16.0 Å². The Morgan fingerprint density at radius 1 is 1.39 bits per heavy atom. The lowest BCUT2D eigenvalue weighted by Crippen LogP contribution is -2.10. The Kier molecular flexibility index (Phi) is 5.52. The van der Waals surface area contributed by atoms with Crippen LogP contribution in [0.4, 0.5) is 0 Å². The number of rotatable bonds is 6. The summed E-state index contributed by atoms with van der Waals surface area (Å²) < 4.78 is 4.85. The first-order valence-electron chi connectivity index (χ1n) is 5.45. The minimum absolute atomic E-state index is 0.0326. The maximum Gasteiger partial charge on any atom is 0.338 e. The van der Waals surface area contributed by atoms with Gasteiger partial charge in [0.2, 0.25) is 0 Å². The number of benzene rings is 1. The summed E-state index contributed by atoms with van der Waals surface area (Å²) in [6.45, 7) is 1.97. The van der Waals surface area contributed by atoms with Gasteiger partial charge in [0, 0.05) is 12.0 Å². The van der Waals surface area contributed by atoms with Crippen LogP contribution in [0.25, 0.3) is 0 Å². The first-order chi connectivity index (χ1) is 8.62. The lowest BCUT2D eigenvalue weighted by molar-refractivity contribution is -0.116. The molecule has 0 saturated heterocycles. The lowest BCUT2D eigenvalue weighted by atomic mass is 10.0. The predicted octanol–water partition coefficient (Wildman–Crippen LogP) is 2.03. The third kappa shape index (κ3) is 3.67. The van der Waals surface area contributed by atoms with Gasteiger partial charge in [0.05, 0.1) is 18.1 Å². The maximum atomic E-state index is 11.5. The molecule has 1 aromatic carbocycles. The molecule has 0 bridgehead atoms. The minimum atomic E-state index is -0.477. The average Bonchev–Trinajstić information content (AvgIpc) is 2.38. The van der Waals surface area contributed by atoms with Crippen molar-refractivity contribution in [1.29, 1.82) is 0 Å². The maximum absolute atomic E-state index is 11.5. The highest BCUT2D eigenvalue weighted by molar-refractivity contribution is 6.27. The Hall–Kier alpha value is -1.68. The van der Waals surface area contributed by atoms with Crippen LogP contribution in [0, 0.1) is 0 Å². The van der Waals surface area contributed by atoms with Crippen LogP contribution in [0.1, 0.15) is 33.2 Å². The highest BCUT2D eigenvalue weighted by Crippen LogP contribution is 2.13. The van der Waals surface area contributed by atoms with Crippen LogP contribution >= 0.6 is 11.6 Å². The largest absolute Gasteiger partial charge is 0.462 e. The zero-order valence-corrected chi connectivity index (χ0v) is 10.7. The zero-order valence-electron chi connectivity index (χ0n) is 9.94. The average molecular weight is 269 g/mol. The Morgan fingerprint density at radius 3 is 2.67 bits per heavy atom. The van der Waals surface area contributed by atoms with Gasteiger partial charge in [-0.05, 0) is 24.6 Å². The van der Waals surface area contributed by atoms with E-state index >= 15 is 0 Å². The number of carbonyl (C=O) groups excluding carboxylic acids is 3. The Balaban J connectivity index is 3.05. The van der Waals surface area contributed by atoms with Crippen molar-refractivity contribution in [1.82, 2.24) is 0 Å².